The predicted molar refractivity (Wildman–Crippen MR) is 81.9 cm³/mol. The van der Waals surface area contributed by atoms with Crippen LogP contribution in [0.3, 0.4) is 0 Å². The van der Waals surface area contributed by atoms with Gasteiger partial charge in [-0.05, 0) is 30.7 Å². The third-order valence-electron chi connectivity index (χ3n) is 2.93. The van der Waals surface area contributed by atoms with E-state index in [1.807, 2.05) is 31.2 Å². The van der Waals surface area contributed by atoms with Gasteiger partial charge in [-0.1, -0.05) is 25.6 Å². The zero-order valence-electron chi connectivity index (χ0n) is 11.3. The monoisotopic (exact) mass is 289 g/mol. The maximum atomic E-state index is 10.7. The summed E-state index contributed by atoms with van der Waals surface area (Å²) in [6.07, 6.45) is -0.206. The number of hydrogen-bond donors (Lipinski definition) is 0. The van der Waals surface area contributed by atoms with E-state index in [4.69, 9.17) is 9.47 Å². The molecule has 0 heterocycles. The number of nitro benzene ring substituents is 1. The molecule has 0 bridgehead atoms. The van der Waals surface area contributed by atoms with Gasteiger partial charge in [0.2, 0.25) is 0 Å². The number of hydrogen-bond acceptors (Lipinski definition) is 4. The number of nitrogens with zero attached hydrogens (tertiary/aromatic N) is 1. The van der Waals surface area contributed by atoms with Crippen molar-refractivity contribution in [2.75, 3.05) is 7.11 Å². The molecule has 1 unspecified atom stereocenters. The molecule has 0 amide bonds. The molecule has 0 radical (unpaired) electrons. The van der Waals surface area contributed by atoms with E-state index < -0.39 is 4.92 Å². The highest BCUT2D eigenvalue weighted by Gasteiger charge is 2.11. The minimum absolute atomic E-state index is 0. The van der Waals surface area contributed by atoms with Crippen LogP contribution in [-0.2, 0) is 0 Å². The van der Waals surface area contributed by atoms with Gasteiger partial charge in [0.05, 0.1) is 18.1 Å². The van der Waals surface area contributed by atoms with Crippen LogP contribution in [0.2, 0.25) is 0 Å². The maximum absolute atomic E-state index is 10.7. The molecule has 0 N–H and O–H groups in total. The molecule has 2 rings (SSSR count). The number of non-ortho nitro benzene ring substituents is 1. The molecule has 0 aliphatic heterocycles. The van der Waals surface area contributed by atoms with Crippen LogP contribution in [-0.4, -0.2) is 12.0 Å². The van der Waals surface area contributed by atoms with Crippen molar-refractivity contribution in [3.63, 3.8) is 0 Å². The molecule has 0 saturated heterocycles. The first-order valence-electron chi connectivity index (χ1n) is 6.15. The van der Waals surface area contributed by atoms with Gasteiger partial charge in [0.15, 0.2) is 0 Å². The van der Waals surface area contributed by atoms with E-state index in [1.165, 1.54) is 12.1 Å². The number of methoxy groups -OCH3 is 1. The van der Waals surface area contributed by atoms with Crippen LogP contribution in [0.5, 0.6) is 11.5 Å². The number of rotatable bonds is 5. The van der Waals surface area contributed by atoms with Gasteiger partial charge in [-0.25, -0.2) is 0 Å². The summed E-state index contributed by atoms with van der Waals surface area (Å²) in [6.45, 7) is 1.89. The fraction of sp³-hybridized carbons (Fsp3) is 0.250. The Bertz CT molecular complexity index is 595. The summed E-state index contributed by atoms with van der Waals surface area (Å²) >= 11 is 0. The topological polar surface area (TPSA) is 61.6 Å². The molecule has 0 aliphatic rings. The molecule has 0 aliphatic carbocycles. The standard InChI is InChI=1S/C15H15NO4.CH4/c1-11(12-6-8-14(19-2)9-7-12)20-15-5-3-4-13(10-15)16(17)18;/h3-11H,1-2H3;1H4. The molecule has 1 atom stereocenters. The number of ether oxygens (including phenoxy) is 2. The Morgan fingerprint density at radius 3 is 2.33 bits per heavy atom. The summed E-state index contributed by atoms with van der Waals surface area (Å²) in [5.74, 6) is 1.25. The smallest absolute Gasteiger partial charge is 0.273 e. The Labute approximate surface area is 124 Å². The van der Waals surface area contributed by atoms with Crippen LogP contribution >= 0.6 is 0 Å². The predicted octanol–water partition coefficient (Wildman–Crippen LogP) is 4.38. The zero-order chi connectivity index (χ0) is 14.5. The summed E-state index contributed by atoms with van der Waals surface area (Å²) < 4.78 is 10.8. The fourth-order valence-corrected chi connectivity index (χ4v) is 1.82. The third kappa shape index (κ3) is 4.21. The van der Waals surface area contributed by atoms with Crippen molar-refractivity contribution in [1.29, 1.82) is 0 Å². The lowest BCUT2D eigenvalue weighted by atomic mass is 10.1. The summed E-state index contributed by atoms with van der Waals surface area (Å²) in [4.78, 5) is 10.3. The molecule has 0 fully saturated rings. The van der Waals surface area contributed by atoms with Crippen LogP contribution in [0, 0.1) is 10.1 Å². The van der Waals surface area contributed by atoms with Gasteiger partial charge in [0.25, 0.3) is 5.69 Å². The third-order valence-corrected chi connectivity index (χ3v) is 2.93. The molecule has 5 heteroatoms. The number of benzene rings is 2. The summed E-state index contributed by atoms with van der Waals surface area (Å²) in [6, 6.07) is 13.7. The van der Waals surface area contributed by atoms with Crippen LogP contribution < -0.4 is 9.47 Å². The van der Waals surface area contributed by atoms with Crippen LogP contribution in [0.1, 0.15) is 26.0 Å². The Kier molecular flexibility index (Phi) is 5.72. The first kappa shape index (κ1) is 16.5. The van der Waals surface area contributed by atoms with Crippen molar-refractivity contribution in [1.82, 2.24) is 0 Å². The highest BCUT2D eigenvalue weighted by atomic mass is 16.6. The molecule has 2 aromatic rings. The van der Waals surface area contributed by atoms with Crippen LogP contribution in [0.25, 0.3) is 0 Å². The van der Waals surface area contributed by atoms with Gasteiger partial charge in [-0.15, -0.1) is 0 Å². The molecule has 21 heavy (non-hydrogen) atoms. The second kappa shape index (κ2) is 7.28. The average molecular weight is 289 g/mol. The van der Waals surface area contributed by atoms with Crippen molar-refractivity contribution in [2.45, 2.75) is 20.5 Å². The van der Waals surface area contributed by atoms with Crippen LogP contribution in [0.15, 0.2) is 48.5 Å². The Morgan fingerprint density at radius 1 is 1.10 bits per heavy atom. The number of nitro groups is 1. The molecule has 0 spiro atoms. The highest BCUT2D eigenvalue weighted by Crippen LogP contribution is 2.26. The van der Waals surface area contributed by atoms with E-state index in [0.29, 0.717) is 5.75 Å². The van der Waals surface area contributed by atoms with E-state index in [2.05, 4.69) is 0 Å². The lowest BCUT2D eigenvalue weighted by Gasteiger charge is -2.15. The minimum Gasteiger partial charge on any atom is -0.497 e. The van der Waals surface area contributed by atoms with Gasteiger partial charge in [-0.2, -0.15) is 0 Å². The molecule has 0 aromatic heterocycles. The second-order valence-electron chi connectivity index (χ2n) is 4.29. The summed E-state index contributed by atoms with van der Waals surface area (Å²) in [5, 5.41) is 10.7. The van der Waals surface area contributed by atoms with Crippen molar-refractivity contribution in [2.24, 2.45) is 0 Å². The minimum atomic E-state index is -0.440. The van der Waals surface area contributed by atoms with E-state index >= 15 is 0 Å². The normalized spacial score (nSPS) is 11.1. The van der Waals surface area contributed by atoms with E-state index in [1.54, 1.807) is 19.2 Å². The molecule has 0 saturated carbocycles. The quantitative estimate of drug-likeness (QED) is 0.605. The molecule has 2 aromatic carbocycles. The fourth-order valence-electron chi connectivity index (χ4n) is 1.82. The van der Waals surface area contributed by atoms with Gasteiger partial charge in [0, 0.05) is 6.07 Å². The lowest BCUT2D eigenvalue weighted by Crippen LogP contribution is -2.03. The summed E-state index contributed by atoms with van der Waals surface area (Å²) in [7, 11) is 1.61. The largest absolute Gasteiger partial charge is 0.497 e. The maximum Gasteiger partial charge on any atom is 0.273 e. The van der Waals surface area contributed by atoms with E-state index in [0.717, 1.165) is 11.3 Å². The Balaban J connectivity index is 0.00000220. The second-order valence-corrected chi connectivity index (χ2v) is 4.29. The van der Waals surface area contributed by atoms with Gasteiger partial charge >= 0.3 is 0 Å². The summed E-state index contributed by atoms with van der Waals surface area (Å²) in [5.41, 5.74) is 0.988. The lowest BCUT2D eigenvalue weighted by molar-refractivity contribution is -0.384. The zero-order valence-corrected chi connectivity index (χ0v) is 11.3. The van der Waals surface area contributed by atoms with Crippen molar-refractivity contribution in [3.8, 4) is 11.5 Å². The molecular weight excluding hydrogens is 270 g/mol. The Morgan fingerprint density at radius 2 is 1.76 bits per heavy atom. The molecule has 5 nitrogen and oxygen atoms in total. The average Bonchev–Trinajstić information content (AvgIpc) is 2.47. The van der Waals surface area contributed by atoms with E-state index in [-0.39, 0.29) is 19.2 Å². The molecule has 112 valence electrons. The SMILES string of the molecule is C.COc1ccc(C(C)Oc2cccc([N+](=O)[O-])c2)cc1. The van der Waals surface area contributed by atoms with Gasteiger partial charge in [0.1, 0.15) is 17.6 Å². The Hall–Kier alpha value is -2.56. The first-order chi connectivity index (χ1) is 9.60. The van der Waals surface area contributed by atoms with Gasteiger partial charge < -0.3 is 9.47 Å². The highest BCUT2D eigenvalue weighted by molar-refractivity contribution is 5.38. The van der Waals surface area contributed by atoms with Crippen molar-refractivity contribution in [3.05, 3.63) is 64.2 Å². The van der Waals surface area contributed by atoms with Crippen LogP contribution in [0.4, 0.5) is 5.69 Å². The molecular formula is C16H19NO4. The van der Waals surface area contributed by atoms with Crippen molar-refractivity contribution < 1.29 is 14.4 Å². The van der Waals surface area contributed by atoms with Gasteiger partial charge in [-0.3, -0.25) is 10.1 Å². The van der Waals surface area contributed by atoms with E-state index in [9.17, 15) is 10.1 Å². The van der Waals surface area contributed by atoms with Crippen molar-refractivity contribution >= 4 is 5.69 Å². The first-order valence-corrected chi connectivity index (χ1v) is 6.15.